The van der Waals surface area contributed by atoms with Crippen LogP contribution >= 0.6 is 0 Å². The normalized spacial score (nSPS) is 12.1. The molecule has 1 aromatic rings. The molecular weight excluding hydrogens is 192 g/mol. The molecule has 4 nitrogen and oxygen atoms in total. The van der Waals surface area contributed by atoms with E-state index in [1.54, 1.807) is 31.4 Å². The van der Waals surface area contributed by atoms with Crippen molar-refractivity contribution in [3.05, 3.63) is 29.8 Å². The summed E-state index contributed by atoms with van der Waals surface area (Å²) in [5.74, 6) is -0.169. The monoisotopic (exact) mass is 208 g/mol. The van der Waals surface area contributed by atoms with E-state index < -0.39 is 0 Å². The number of anilines is 1. The van der Waals surface area contributed by atoms with Crippen LogP contribution in [0.1, 0.15) is 17.3 Å². The van der Waals surface area contributed by atoms with Crippen LogP contribution in [0, 0.1) is 0 Å². The van der Waals surface area contributed by atoms with Crippen molar-refractivity contribution in [3.63, 3.8) is 0 Å². The molecule has 15 heavy (non-hydrogen) atoms. The Balaban J connectivity index is 2.58. The number of methoxy groups -OCH3 is 1. The second-order valence-corrected chi connectivity index (χ2v) is 3.34. The Bertz CT molecular complexity index is 339. The van der Waals surface area contributed by atoms with Gasteiger partial charge >= 0.3 is 0 Å². The van der Waals surface area contributed by atoms with Crippen molar-refractivity contribution < 1.29 is 9.53 Å². The van der Waals surface area contributed by atoms with Gasteiger partial charge in [-0.2, -0.15) is 0 Å². The molecular formula is C11H16N2O2. The average Bonchev–Trinajstić information content (AvgIpc) is 2.26. The molecule has 82 valence electrons. The lowest BCUT2D eigenvalue weighted by Gasteiger charge is -2.11. The summed E-state index contributed by atoms with van der Waals surface area (Å²) >= 11 is 0. The molecule has 1 unspecified atom stereocenters. The number of nitrogens with two attached hydrogens (primary N) is 1. The van der Waals surface area contributed by atoms with E-state index in [1.807, 2.05) is 6.92 Å². The number of carbonyl (C=O) groups excluding carboxylic acids is 1. The fourth-order valence-corrected chi connectivity index (χ4v) is 1.12. The Morgan fingerprint density at radius 2 is 2.20 bits per heavy atom. The van der Waals surface area contributed by atoms with Gasteiger partial charge in [0.15, 0.2) is 0 Å². The number of rotatable bonds is 4. The van der Waals surface area contributed by atoms with Gasteiger partial charge in [0.25, 0.3) is 5.91 Å². The van der Waals surface area contributed by atoms with Crippen molar-refractivity contribution in [2.45, 2.75) is 13.0 Å². The zero-order valence-electron chi connectivity index (χ0n) is 8.99. The van der Waals surface area contributed by atoms with Crippen molar-refractivity contribution in [1.82, 2.24) is 5.32 Å². The van der Waals surface area contributed by atoms with Crippen molar-refractivity contribution in [3.8, 4) is 0 Å². The van der Waals surface area contributed by atoms with Gasteiger partial charge in [0.05, 0.1) is 11.7 Å². The first-order valence-corrected chi connectivity index (χ1v) is 4.80. The number of hydrogen-bond acceptors (Lipinski definition) is 3. The Hall–Kier alpha value is -1.55. The van der Waals surface area contributed by atoms with Crippen molar-refractivity contribution in [2.24, 2.45) is 0 Å². The first kappa shape index (κ1) is 11.5. The number of nitrogen functional groups attached to an aromatic ring is 1. The summed E-state index contributed by atoms with van der Waals surface area (Å²) in [5, 5.41) is 2.75. The van der Waals surface area contributed by atoms with Gasteiger partial charge in [-0.3, -0.25) is 4.79 Å². The minimum atomic E-state index is -0.169. The molecule has 0 fully saturated rings. The molecule has 0 aromatic heterocycles. The second kappa shape index (κ2) is 5.36. The molecule has 0 bridgehead atoms. The number of amides is 1. The van der Waals surface area contributed by atoms with Gasteiger partial charge in [-0.15, -0.1) is 0 Å². The van der Waals surface area contributed by atoms with Crippen molar-refractivity contribution in [2.75, 3.05) is 19.4 Å². The Kier molecular flexibility index (Phi) is 4.12. The van der Waals surface area contributed by atoms with Gasteiger partial charge in [-0.1, -0.05) is 12.1 Å². The molecule has 1 atom stereocenters. The van der Waals surface area contributed by atoms with Crippen LogP contribution in [0.3, 0.4) is 0 Å². The maximum Gasteiger partial charge on any atom is 0.253 e. The number of carbonyl (C=O) groups is 1. The van der Waals surface area contributed by atoms with Crippen LogP contribution in [0.25, 0.3) is 0 Å². The maximum atomic E-state index is 11.6. The van der Waals surface area contributed by atoms with Gasteiger partial charge in [-0.25, -0.2) is 0 Å². The molecule has 0 saturated carbocycles. The molecule has 0 aliphatic rings. The number of hydrogen-bond donors (Lipinski definition) is 2. The lowest BCUT2D eigenvalue weighted by atomic mass is 10.1. The molecule has 3 N–H and O–H groups in total. The van der Waals surface area contributed by atoms with Crippen LogP contribution in [-0.2, 0) is 4.74 Å². The highest BCUT2D eigenvalue weighted by Gasteiger charge is 2.09. The third-order valence-electron chi connectivity index (χ3n) is 2.16. The van der Waals surface area contributed by atoms with Crippen LogP contribution in [0.5, 0.6) is 0 Å². The minimum absolute atomic E-state index is 0.00103. The van der Waals surface area contributed by atoms with E-state index >= 15 is 0 Å². The van der Waals surface area contributed by atoms with E-state index in [0.29, 0.717) is 17.8 Å². The summed E-state index contributed by atoms with van der Waals surface area (Å²) in [7, 11) is 1.60. The van der Waals surface area contributed by atoms with Gasteiger partial charge < -0.3 is 15.8 Å². The number of nitrogens with one attached hydrogen (secondary N) is 1. The zero-order valence-corrected chi connectivity index (χ0v) is 8.99. The SMILES string of the molecule is COC(C)CNC(=O)c1ccccc1N. The molecule has 0 saturated heterocycles. The van der Waals surface area contributed by atoms with E-state index in [4.69, 9.17) is 10.5 Å². The maximum absolute atomic E-state index is 11.6. The summed E-state index contributed by atoms with van der Waals surface area (Å²) in [6, 6.07) is 6.98. The molecule has 4 heteroatoms. The van der Waals surface area contributed by atoms with Crippen LogP contribution < -0.4 is 11.1 Å². The van der Waals surface area contributed by atoms with Crippen molar-refractivity contribution in [1.29, 1.82) is 0 Å². The molecule has 0 spiro atoms. The second-order valence-electron chi connectivity index (χ2n) is 3.34. The fraction of sp³-hybridized carbons (Fsp3) is 0.364. The van der Waals surface area contributed by atoms with Crippen LogP contribution in [0.15, 0.2) is 24.3 Å². The van der Waals surface area contributed by atoms with E-state index in [1.165, 1.54) is 0 Å². The molecule has 0 aliphatic heterocycles. The van der Waals surface area contributed by atoms with Crippen LogP contribution in [-0.4, -0.2) is 25.7 Å². The third-order valence-corrected chi connectivity index (χ3v) is 2.16. The Morgan fingerprint density at radius 3 is 2.80 bits per heavy atom. The van der Waals surface area contributed by atoms with E-state index in [9.17, 15) is 4.79 Å². The molecule has 0 radical (unpaired) electrons. The summed E-state index contributed by atoms with van der Waals surface area (Å²) in [5.41, 5.74) is 6.66. The molecule has 1 rings (SSSR count). The third kappa shape index (κ3) is 3.25. The summed E-state index contributed by atoms with van der Waals surface area (Å²) in [6.07, 6.45) is -0.00103. The summed E-state index contributed by atoms with van der Waals surface area (Å²) in [4.78, 5) is 11.6. The smallest absolute Gasteiger partial charge is 0.253 e. The van der Waals surface area contributed by atoms with Gasteiger partial charge in [0.2, 0.25) is 0 Å². The lowest BCUT2D eigenvalue weighted by Crippen LogP contribution is -2.31. The first-order chi connectivity index (χ1) is 7.15. The van der Waals surface area contributed by atoms with Gasteiger partial charge in [0.1, 0.15) is 0 Å². The Labute approximate surface area is 89.4 Å². The predicted molar refractivity (Wildman–Crippen MR) is 59.7 cm³/mol. The molecule has 1 aromatic carbocycles. The largest absolute Gasteiger partial charge is 0.398 e. The standard InChI is InChI=1S/C11H16N2O2/c1-8(15-2)7-13-11(14)9-5-3-4-6-10(9)12/h3-6,8H,7,12H2,1-2H3,(H,13,14). The molecule has 1 amide bonds. The van der Waals surface area contributed by atoms with Crippen LogP contribution in [0.4, 0.5) is 5.69 Å². The number of para-hydroxylation sites is 1. The highest BCUT2D eigenvalue weighted by atomic mass is 16.5. The fourth-order valence-electron chi connectivity index (χ4n) is 1.12. The van der Waals surface area contributed by atoms with Gasteiger partial charge in [-0.05, 0) is 19.1 Å². The van der Waals surface area contributed by atoms with Crippen molar-refractivity contribution >= 4 is 11.6 Å². The quantitative estimate of drug-likeness (QED) is 0.726. The Morgan fingerprint density at radius 1 is 1.53 bits per heavy atom. The van der Waals surface area contributed by atoms with E-state index in [0.717, 1.165) is 0 Å². The predicted octanol–water partition coefficient (Wildman–Crippen LogP) is 1.03. The summed E-state index contributed by atoms with van der Waals surface area (Å²) < 4.78 is 5.02. The highest BCUT2D eigenvalue weighted by Crippen LogP contribution is 2.09. The minimum Gasteiger partial charge on any atom is -0.398 e. The van der Waals surface area contributed by atoms with E-state index in [2.05, 4.69) is 5.32 Å². The number of benzene rings is 1. The molecule has 0 heterocycles. The lowest BCUT2D eigenvalue weighted by molar-refractivity contribution is 0.0871. The summed E-state index contributed by atoms with van der Waals surface area (Å²) in [6.45, 7) is 2.36. The van der Waals surface area contributed by atoms with E-state index in [-0.39, 0.29) is 12.0 Å². The topological polar surface area (TPSA) is 64.3 Å². The van der Waals surface area contributed by atoms with Gasteiger partial charge in [0, 0.05) is 19.3 Å². The van der Waals surface area contributed by atoms with Crippen LogP contribution in [0.2, 0.25) is 0 Å². The average molecular weight is 208 g/mol. The zero-order chi connectivity index (χ0) is 11.3. The number of ether oxygens (including phenoxy) is 1. The highest BCUT2D eigenvalue weighted by molar-refractivity contribution is 5.99. The first-order valence-electron chi connectivity index (χ1n) is 4.80. The molecule has 0 aliphatic carbocycles.